The third-order valence-corrected chi connectivity index (χ3v) is 5.21. The Morgan fingerprint density at radius 3 is 2.66 bits per heavy atom. The number of carbonyl (C=O) groups is 1. The minimum Gasteiger partial charge on any atom is -0.494 e. The molecule has 2 aliphatic heterocycles. The molecule has 6 nitrogen and oxygen atoms in total. The largest absolute Gasteiger partial charge is 0.494 e. The van der Waals surface area contributed by atoms with Crippen molar-refractivity contribution in [2.75, 3.05) is 19.8 Å². The van der Waals surface area contributed by atoms with Crippen LogP contribution in [0.15, 0.2) is 47.5 Å². The Hall–Kier alpha value is -3.12. The molecule has 2 aromatic rings. The van der Waals surface area contributed by atoms with Gasteiger partial charge in [-0.05, 0) is 49.7 Å². The highest BCUT2D eigenvalue weighted by Gasteiger charge is 2.21. The number of aliphatic imine (C=N–C) groups is 1. The summed E-state index contributed by atoms with van der Waals surface area (Å²) in [5.41, 5.74) is 9.82. The van der Waals surface area contributed by atoms with Gasteiger partial charge in [0.05, 0.1) is 36.1 Å². The first-order chi connectivity index (χ1) is 14.3. The number of nitrogens with two attached hydrogens (primary N) is 1. The van der Waals surface area contributed by atoms with Crippen molar-refractivity contribution >= 4 is 29.1 Å². The van der Waals surface area contributed by atoms with Crippen molar-refractivity contribution in [1.82, 2.24) is 10.6 Å². The number of benzene rings is 2. The predicted octanol–water partition coefficient (Wildman–Crippen LogP) is 1.28. The van der Waals surface area contributed by atoms with E-state index in [1.807, 2.05) is 42.5 Å². The average Bonchev–Trinajstić information content (AvgIpc) is 3.01. The lowest BCUT2D eigenvalue weighted by atomic mass is 10.1. The summed E-state index contributed by atoms with van der Waals surface area (Å²) in [5, 5.41) is 8.38. The van der Waals surface area contributed by atoms with Gasteiger partial charge < -0.3 is 21.1 Å². The summed E-state index contributed by atoms with van der Waals surface area (Å²) in [7, 11) is 0. The molecule has 2 aliphatic rings. The molecule has 2 heterocycles. The van der Waals surface area contributed by atoms with Crippen LogP contribution in [0.1, 0.15) is 31.2 Å². The van der Waals surface area contributed by atoms with Crippen molar-refractivity contribution in [3.8, 4) is 5.75 Å². The maximum Gasteiger partial charge on any atom is 0.166 e. The van der Waals surface area contributed by atoms with Gasteiger partial charge >= 0.3 is 0 Å². The summed E-state index contributed by atoms with van der Waals surface area (Å²) in [4.78, 5) is 16.3. The van der Waals surface area contributed by atoms with Crippen LogP contribution in [0.5, 0.6) is 5.75 Å². The molecular formula is C23H26N4O2. The Morgan fingerprint density at radius 1 is 1.03 bits per heavy atom. The first-order valence-corrected chi connectivity index (χ1v) is 10.1. The lowest BCUT2D eigenvalue weighted by Crippen LogP contribution is -2.31. The molecule has 0 saturated carbocycles. The monoisotopic (exact) mass is 390 g/mol. The number of hydrogen-bond acceptors (Lipinski definition) is 6. The Labute approximate surface area is 170 Å². The van der Waals surface area contributed by atoms with Gasteiger partial charge in [-0.25, -0.2) is 4.99 Å². The third-order valence-electron chi connectivity index (χ3n) is 5.21. The normalized spacial score (nSPS) is 14.4. The molecule has 0 amide bonds. The van der Waals surface area contributed by atoms with E-state index >= 15 is 0 Å². The van der Waals surface area contributed by atoms with Gasteiger partial charge in [0.2, 0.25) is 0 Å². The number of hydrogen-bond donors (Lipinski definition) is 3. The van der Waals surface area contributed by atoms with Crippen LogP contribution in [0.2, 0.25) is 0 Å². The van der Waals surface area contributed by atoms with Gasteiger partial charge in [0.1, 0.15) is 5.75 Å². The van der Waals surface area contributed by atoms with E-state index in [4.69, 9.17) is 15.5 Å². The summed E-state index contributed by atoms with van der Waals surface area (Å²) >= 11 is 0. The zero-order valence-corrected chi connectivity index (χ0v) is 16.4. The molecule has 0 spiro atoms. The van der Waals surface area contributed by atoms with Crippen molar-refractivity contribution in [1.29, 1.82) is 0 Å². The van der Waals surface area contributed by atoms with Crippen LogP contribution < -0.4 is 31.5 Å². The van der Waals surface area contributed by atoms with Crippen LogP contribution in [-0.4, -0.2) is 31.8 Å². The van der Waals surface area contributed by atoms with E-state index in [2.05, 4.69) is 10.6 Å². The third kappa shape index (κ3) is 4.03. The molecule has 0 aromatic heterocycles. The molecule has 4 N–H and O–H groups in total. The molecule has 0 aliphatic carbocycles. The van der Waals surface area contributed by atoms with Gasteiger partial charge in [0.15, 0.2) is 6.29 Å². The SMILES string of the molecule is NCCCCCCOc1ccc(C2=Nc3cccc4c3=C2NCNC=4C=O)cc1. The first kappa shape index (κ1) is 19.2. The highest BCUT2D eigenvalue weighted by atomic mass is 16.5. The summed E-state index contributed by atoms with van der Waals surface area (Å²) in [5.74, 6) is 0.862. The maximum absolute atomic E-state index is 11.5. The predicted molar refractivity (Wildman–Crippen MR) is 115 cm³/mol. The molecule has 0 fully saturated rings. The molecule has 29 heavy (non-hydrogen) atoms. The second kappa shape index (κ2) is 8.92. The topological polar surface area (TPSA) is 88.7 Å². The fourth-order valence-corrected chi connectivity index (χ4v) is 3.72. The minimum absolute atomic E-state index is 0.474. The minimum atomic E-state index is 0.474. The summed E-state index contributed by atoms with van der Waals surface area (Å²) in [6, 6.07) is 13.9. The quantitative estimate of drug-likeness (QED) is 0.443. The lowest BCUT2D eigenvalue weighted by Gasteiger charge is -2.11. The van der Waals surface area contributed by atoms with Gasteiger partial charge in [-0.3, -0.25) is 4.79 Å². The highest BCUT2D eigenvalue weighted by molar-refractivity contribution is 6.30. The zero-order valence-electron chi connectivity index (χ0n) is 16.4. The molecule has 2 aromatic carbocycles. The van der Waals surface area contributed by atoms with Crippen molar-refractivity contribution < 1.29 is 9.53 Å². The molecule has 0 saturated heterocycles. The van der Waals surface area contributed by atoms with Crippen LogP contribution in [0.25, 0.3) is 11.4 Å². The second-order valence-corrected chi connectivity index (χ2v) is 7.17. The second-order valence-electron chi connectivity index (χ2n) is 7.17. The van der Waals surface area contributed by atoms with Crippen molar-refractivity contribution in [3.63, 3.8) is 0 Å². The van der Waals surface area contributed by atoms with Gasteiger partial charge in [-0.2, -0.15) is 0 Å². The van der Waals surface area contributed by atoms with Crippen LogP contribution >= 0.6 is 0 Å². The number of nitrogens with zero attached hydrogens (tertiary/aromatic N) is 1. The fraction of sp³-hybridized carbons (Fsp3) is 0.304. The van der Waals surface area contributed by atoms with Gasteiger partial charge in [-0.1, -0.05) is 25.0 Å². The zero-order chi connectivity index (χ0) is 20.1. The van der Waals surface area contributed by atoms with Gasteiger partial charge in [0, 0.05) is 16.0 Å². The van der Waals surface area contributed by atoms with E-state index in [0.717, 1.165) is 77.4 Å². The molecular weight excluding hydrogens is 364 g/mol. The highest BCUT2D eigenvalue weighted by Crippen LogP contribution is 2.22. The Kier molecular flexibility index (Phi) is 5.91. The van der Waals surface area contributed by atoms with Crippen LogP contribution in [0.4, 0.5) is 5.69 Å². The van der Waals surface area contributed by atoms with E-state index in [-0.39, 0.29) is 0 Å². The van der Waals surface area contributed by atoms with Crippen molar-refractivity contribution in [2.24, 2.45) is 10.7 Å². The van der Waals surface area contributed by atoms with Crippen molar-refractivity contribution in [3.05, 3.63) is 58.5 Å². The number of nitrogens with one attached hydrogen (secondary N) is 2. The van der Waals surface area contributed by atoms with Gasteiger partial charge in [-0.15, -0.1) is 0 Å². The molecule has 0 atom stereocenters. The number of unbranched alkanes of at least 4 members (excludes halogenated alkanes) is 3. The number of aldehydes is 1. The molecule has 0 unspecified atom stereocenters. The van der Waals surface area contributed by atoms with E-state index in [1.165, 1.54) is 0 Å². The fourth-order valence-electron chi connectivity index (χ4n) is 3.72. The van der Waals surface area contributed by atoms with Crippen LogP contribution in [0.3, 0.4) is 0 Å². The van der Waals surface area contributed by atoms with Gasteiger partial charge in [0.25, 0.3) is 0 Å². The van der Waals surface area contributed by atoms with E-state index in [9.17, 15) is 4.79 Å². The number of ether oxygens (including phenoxy) is 1. The van der Waals surface area contributed by atoms with Crippen molar-refractivity contribution in [2.45, 2.75) is 25.7 Å². The van der Waals surface area contributed by atoms with E-state index in [0.29, 0.717) is 19.0 Å². The van der Waals surface area contributed by atoms with Crippen LogP contribution in [-0.2, 0) is 4.79 Å². The Bertz CT molecular complexity index is 1040. The molecule has 0 radical (unpaired) electrons. The smallest absolute Gasteiger partial charge is 0.166 e. The van der Waals surface area contributed by atoms with E-state index in [1.54, 1.807) is 0 Å². The summed E-state index contributed by atoms with van der Waals surface area (Å²) in [6.07, 6.45) is 5.28. The van der Waals surface area contributed by atoms with E-state index < -0.39 is 0 Å². The number of rotatable bonds is 9. The number of carbonyl (C=O) groups excluding carboxylic acids is 1. The summed E-state index contributed by atoms with van der Waals surface area (Å²) < 4.78 is 5.85. The molecule has 150 valence electrons. The van der Waals surface area contributed by atoms with Crippen LogP contribution in [0, 0.1) is 0 Å². The Morgan fingerprint density at radius 2 is 1.86 bits per heavy atom. The molecule has 0 bridgehead atoms. The lowest BCUT2D eigenvalue weighted by molar-refractivity contribution is -0.103. The molecule has 4 rings (SSSR count). The molecule has 6 heteroatoms. The summed E-state index contributed by atoms with van der Waals surface area (Å²) in [6.45, 7) is 1.95. The average molecular weight is 390 g/mol. The maximum atomic E-state index is 11.5. The standard InChI is InChI=1S/C23H26N4O2/c24-12-3-1-2-4-13-29-17-10-8-16(9-11-17)22-23-21-18(6-5-7-19(21)27-22)20(14-28)25-15-26-23/h5-11,14,25-26H,1-4,12-13,15,24H2. The Balaban J connectivity index is 1.53. The first-order valence-electron chi connectivity index (χ1n) is 10.1.